The molecule has 0 aromatic rings. The highest BCUT2D eigenvalue weighted by molar-refractivity contribution is 8.00. The normalized spacial score (nSPS) is 41.7. The maximum absolute atomic E-state index is 3.79. The van der Waals surface area contributed by atoms with E-state index in [4.69, 9.17) is 0 Å². The van der Waals surface area contributed by atoms with Crippen LogP contribution in [0.15, 0.2) is 11.6 Å². The van der Waals surface area contributed by atoms with Crippen LogP contribution in [0.3, 0.4) is 0 Å². The van der Waals surface area contributed by atoms with Crippen molar-refractivity contribution < 1.29 is 0 Å². The fraction of sp³-hybridized carbons (Fsp3) is 0.846. The first kappa shape index (κ1) is 11.5. The van der Waals surface area contributed by atoms with Crippen molar-refractivity contribution in [2.75, 3.05) is 5.75 Å². The van der Waals surface area contributed by atoms with Gasteiger partial charge in [-0.3, -0.25) is 0 Å². The molecule has 1 N–H and O–H groups in total. The molecule has 4 atom stereocenters. The molecule has 1 aliphatic heterocycles. The van der Waals surface area contributed by atoms with Crippen molar-refractivity contribution in [2.24, 2.45) is 11.8 Å². The van der Waals surface area contributed by atoms with Crippen LogP contribution in [0.5, 0.6) is 0 Å². The van der Waals surface area contributed by atoms with E-state index in [1.807, 2.05) is 0 Å². The van der Waals surface area contributed by atoms with Crippen LogP contribution in [0.25, 0.3) is 0 Å². The lowest BCUT2D eigenvalue weighted by molar-refractivity contribution is 0.352. The molecule has 1 aliphatic carbocycles. The molecule has 1 nitrogen and oxygen atoms in total. The first-order valence-electron chi connectivity index (χ1n) is 6.24. The van der Waals surface area contributed by atoms with Crippen molar-refractivity contribution in [1.29, 1.82) is 0 Å². The van der Waals surface area contributed by atoms with Gasteiger partial charge in [0.2, 0.25) is 0 Å². The maximum Gasteiger partial charge on any atom is 0.0566 e. The SMILES string of the molecule is CCC1CSC(C2CC(C)=CC(C)C2)N1. The van der Waals surface area contributed by atoms with Gasteiger partial charge in [-0.25, -0.2) is 0 Å². The standard InChI is InChI=1S/C13H23NS/c1-4-12-8-15-13(14-12)11-6-9(2)5-10(3)7-11/h5,9,11-14H,4,6-8H2,1-3H3. The van der Waals surface area contributed by atoms with Gasteiger partial charge in [-0.1, -0.05) is 25.5 Å². The van der Waals surface area contributed by atoms with Crippen molar-refractivity contribution in [3.05, 3.63) is 11.6 Å². The van der Waals surface area contributed by atoms with Gasteiger partial charge in [0, 0.05) is 11.8 Å². The number of allylic oxidation sites excluding steroid dienone is 2. The lowest BCUT2D eigenvalue weighted by atomic mass is 9.83. The highest BCUT2D eigenvalue weighted by Gasteiger charge is 2.32. The lowest BCUT2D eigenvalue weighted by Crippen LogP contribution is -2.35. The van der Waals surface area contributed by atoms with Crippen molar-refractivity contribution >= 4 is 11.8 Å². The maximum atomic E-state index is 3.79. The molecule has 1 heterocycles. The molecule has 0 amide bonds. The molecule has 1 saturated heterocycles. The van der Waals surface area contributed by atoms with Gasteiger partial charge in [0.25, 0.3) is 0 Å². The Bertz CT molecular complexity index is 249. The second-order valence-electron chi connectivity index (χ2n) is 5.22. The van der Waals surface area contributed by atoms with E-state index >= 15 is 0 Å². The van der Waals surface area contributed by atoms with E-state index in [0.717, 1.165) is 23.3 Å². The molecule has 2 heteroatoms. The van der Waals surface area contributed by atoms with Gasteiger partial charge in [-0.05, 0) is 38.0 Å². The molecule has 0 bridgehead atoms. The van der Waals surface area contributed by atoms with E-state index in [9.17, 15) is 0 Å². The molecule has 0 aromatic heterocycles. The number of nitrogens with one attached hydrogen (secondary N) is 1. The third-order valence-electron chi connectivity index (χ3n) is 3.63. The summed E-state index contributed by atoms with van der Waals surface area (Å²) in [7, 11) is 0. The lowest BCUT2D eigenvalue weighted by Gasteiger charge is -2.30. The predicted octanol–water partition coefficient (Wildman–Crippen LogP) is 3.42. The van der Waals surface area contributed by atoms with Crippen LogP contribution in [0.4, 0.5) is 0 Å². The zero-order valence-electron chi connectivity index (χ0n) is 10.1. The number of thioether (sulfide) groups is 1. The summed E-state index contributed by atoms with van der Waals surface area (Å²) >= 11 is 2.15. The Hall–Kier alpha value is 0.0500. The van der Waals surface area contributed by atoms with Gasteiger partial charge < -0.3 is 5.32 Å². The van der Waals surface area contributed by atoms with E-state index < -0.39 is 0 Å². The third kappa shape index (κ3) is 2.79. The van der Waals surface area contributed by atoms with Crippen molar-refractivity contribution in [3.8, 4) is 0 Å². The van der Waals surface area contributed by atoms with Gasteiger partial charge in [0.15, 0.2) is 0 Å². The molecule has 0 spiro atoms. The summed E-state index contributed by atoms with van der Waals surface area (Å²) in [6.45, 7) is 6.93. The van der Waals surface area contributed by atoms with E-state index in [1.54, 1.807) is 5.57 Å². The zero-order chi connectivity index (χ0) is 10.8. The smallest absolute Gasteiger partial charge is 0.0566 e. The minimum atomic E-state index is 0.723. The third-order valence-corrected chi connectivity index (χ3v) is 5.10. The Kier molecular flexibility index (Phi) is 3.78. The van der Waals surface area contributed by atoms with E-state index in [1.165, 1.54) is 25.0 Å². The summed E-state index contributed by atoms with van der Waals surface area (Å²) in [5.74, 6) is 2.97. The average Bonchev–Trinajstić information content (AvgIpc) is 2.64. The average molecular weight is 225 g/mol. The van der Waals surface area contributed by atoms with Crippen LogP contribution >= 0.6 is 11.8 Å². The van der Waals surface area contributed by atoms with Crippen LogP contribution in [-0.4, -0.2) is 17.2 Å². The Morgan fingerprint density at radius 3 is 2.93 bits per heavy atom. The molecular formula is C13H23NS. The van der Waals surface area contributed by atoms with Crippen molar-refractivity contribution in [3.63, 3.8) is 0 Å². The molecule has 15 heavy (non-hydrogen) atoms. The molecular weight excluding hydrogens is 202 g/mol. The molecule has 2 rings (SSSR count). The fourth-order valence-corrected chi connectivity index (χ4v) is 4.42. The highest BCUT2D eigenvalue weighted by atomic mass is 32.2. The van der Waals surface area contributed by atoms with Gasteiger partial charge >= 0.3 is 0 Å². The Morgan fingerprint density at radius 2 is 2.33 bits per heavy atom. The predicted molar refractivity (Wildman–Crippen MR) is 69.1 cm³/mol. The van der Waals surface area contributed by atoms with Crippen molar-refractivity contribution in [1.82, 2.24) is 5.32 Å². The summed E-state index contributed by atoms with van der Waals surface area (Å²) in [5, 5.41) is 4.51. The first-order valence-corrected chi connectivity index (χ1v) is 7.29. The van der Waals surface area contributed by atoms with Gasteiger partial charge in [-0.15, -0.1) is 11.8 Å². The monoisotopic (exact) mass is 225 g/mol. The number of hydrogen-bond acceptors (Lipinski definition) is 2. The minimum Gasteiger partial charge on any atom is -0.301 e. The zero-order valence-corrected chi connectivity index (χ0v) is 10.9. The molecule has 2 aliphatic rings. The Morgan fingerprint density at radius 1 is 1.53 bits per heavy atom. The molecule has 4 unspecified atom stereocenters. The molecule has 1 fully saturated rings. The molecule has 0 radical (unpaired) electrons. The summed E-state index contributed by atoms with van der Waals surface area (Å²) in [6.07, 6.45) is 6.41. The van der Waals surface area contributed by atoms with Crippen LogP contribution in [-0.2, 0) is 0 Å². The fourth-order valence-electron chi connectivity index (χ4n) is 2.88. The van der Waals surface area contributed by atoms with Crippen LogP contribution < -0.4 is 5.32 Å². The number of hydrogen-bond donors (Lipinski definition) is 1. The minimum absolute atomic E-state index is 0.723. The second-order valence-corrected chi connectivity index (χ2v) is 6.39. The van der Waals surface area contributed by atoms with Gasteiger partial charge in [0.05, 0.1) is 5.37 Å². The summed E-state index contributed by atoms with van der Waals surface area (Å²) < 4.78 is 0. The second kappa shape index (κ2) is 4.92. The number of rotatable bonds is 2. The van der Waals surface area contributed by atoms with Crippen LogP contribution in [0.2, 0.25) is 0 Å². The van der Waals surface area contributed by atoms with E-state index in [2.05, 4.69) is 43.9 Å². The summed E-state index contributed by atoms with van der Waals surface area (Å²) in [4.78, 5) is 0. The Labute approximate surface area is 98.1 Å². The van der Waals surface area contributed by atoms with Gasteiger partial charge in [0.1, 0.15) is 0 Å². The van der Waals surface area contributed by atoms with E-state index in [0.29, 0.717) is 0 Å². The molecule has 0 aromatic carbocycles. The molecule has 0 saturated carbocycles. The van der Waals surface area contributed by atoms with Crippen LogP contribution in [0, 0.1) is 11.8 Å². The van der Waals surface area contributed by atoms with Gasteiger partial charge in [-0.2, -0.15) is 0 Å². The largest absolute Gasteiger partial charge is 0.301 e. The summed E-state index contributed by atoms with van der Waals surface area (Å²) in [6, 6.07) is 0.765. The Balaban J connectivity index is 1.92. The summed E-state index contributed by atoms with van der Waals surface area (Å²) in [5.41, 5.74) is 1.60. The van der Waals surface area contributed by atoms with Crippen LogP contribution in [0.1, 0.15) is 40.0 Å². The highest BCUT2D eigenvalue weighted by Crippen LogP contribution is 2.37. The van der Waals surface area contributed by atoms with E-state index in [-0.39, 0.29) is 0 Å². The first-order chi connectivity index (χ1) is 7.19. The quantitative estimate of drug-likeness (QED) is 0.723. The topological polar surface area (TPSA) is 12.0 Å². The molecule has 86 valence electrons. The van der Waals surface area contributed by atoms with Crippen molar-refractivity contribution in [2.45, 2.75) is 51.4 Å².